The van der Waals surface area contributed by atoms with Crippen molar-refractivity contribution < 1.29 is 10.2 Å². The van der Waals surface area contributed by atoms with E-state index in [1.807, 2.05) is 37.3 Å². The molecule has 0 saturated carbocycles. The molecule has 0 radical (unpaired) electrons. The summed E-state index contributed by atoms with van der Waals surface area (Å²) >= 11 is 0. The molecule has 0 heterocycles. The van der Waals surface area contributed by atoms with Crippen LogP contribution in [0.4, 0.5) is 0 Å². The lowest BCUT2D eigenvalue weighted by Crippen LogP contribution is -2.11. The van der Waals surface area contributed by atoms with E-state index in [0.717, 1.165) is 18.4 Å². The molecule has 14 heavy (non-hydrogen) atoms. The van der Waals surface area contributed by atoms with Crippen LogP contribution in [0.3, 0.4) is 0 Å². The van der Waals surface area contributed by atoms with Gasteiger partial charge in [0.15, 0.2) is 0 Å². The van der Waals surface area contributed by atoms with Gasteiger partial charge in [-0.1, -0.05) is 43.7 Å². The Hall–Kier alpha value is -0.860. The van der Waals surface area contributed by atoms with E-state index in [9.17, 15) is 10.2 Å². The van der Waals surface area contributed by atoms with E-state index in [1.54, 1.807) is 0 Å². The average Bonchev–Trinajstić information content (AvgIpc) is 2.19. The Labute approximate surface area is 85.2 Å². The zero-order chi connectivity index (χ0) is 10.4. The zero-order valence-electron chi connectivity index (χ0n) is 8.56. The van der Waals surface area contributed by atoms with Crippen molar-refractivity contribution in [3.05, 3.63) is 35.9 Å². The molecule has 0 fully saturated rings. The highest BCUT2D eigenvalue weighted by molar-refractivity contribution is 5.17. The Balaban J connectivity index is 2.46. The van der Waals surface area contributed by atoms with Gasteiger partial charge in [-0.2, -0.15) is 0 Å². The van der Waals surface area contributed by atoms with Gasteiger partial charge in [-0.05, 0) is 12.0 Å². The van der Waals surface area contributed by atoms with Gasteiger partial charge < -0.3 is 10.2 Å². The first-order valence-corrected chi connectivity index (χ1v) is 5.15. The Morgan fingerprint density at radius 2 is 1.79 bits per heavy atom. The maximum atomic E-state index is 9.76. The standard InChI is InChI=1S/C12H18O2/c1-2-6-11(13)9-12(14)10-7-4-3-5-8-10/h3-5,7-8,11-14H,2,6,9H2,1H3/t11-,12-/m0/s1. The van der Waals surface area contributed by atoms with Crippen LogP contribution >= 0.6 is 0 Å². The molecule has 78 valence electrons. The van der Waals surface area contributed by atoms with Crippen molar-refractivity contribution in [1.82, 2.24) is 0 Å². The lowest BCUT2D eigenvalue weighted by Gasteiger charge is -2.15. The fourth-order valence-corrected chi connectivity index (χ4v) is 1.52. The average molecular weight is 194 g/mol. The number of aliphatic hydroxyl groups excluding tert-OH is 2. The van der Waals surface area contributed by atoms with Gasteiger partial charge in [-0.3, -0.25) is 0 Å². The normalized spacial score (nSPS) is 15.1. The van der Waals surface area contributed by atoms with Crippen molar-refractivity contribution in [3.8, 4) is 0 Å². The summed E-state index contributed by atoms with van der Waals surface area (Å²) in [6, 6.07) is 9.46. The second kappa shape index (κ2) is 5.78. The van der Waals surface area contributed by atoms with Crippen LogP contribution < -0.4 is 0 Å². The SMILES string of the molecule is CCC[C@H](O)C[C@H](O)c1ccccc1. The van der Waals surface area contributed by atoms with E-state index in [-0.39, 0.29) is 0 Å². The van der Waals surface area contributed by atoms with E-state index in [2.05, 4.69) is 0 Å². The molecule has 2 heteroatoms. The summed E-state index contributed by atoms with van der Waals surface area (Å²) in [6.07, 6.45) is 1.19. The van der Waals surface area contributed by atoms with Gasteiger partial charge in [-0.25, -0.2) is 0 Å². The summed E-state index contributed by atoms with van der Waals surface area (Å²) in [7, 11) is 0. The van der Waals surface area contributed by atoms with Crippen LogP contribution in [0, 0.1) is 0 Å². The molecule has 0 amide bonds. The van der Waals surface area contributed by atoms with Gasteiger partial charge in [0.2, 0.25) is 0 Å². The van der Waals surface area contributed by atoms with Gasteiger partial charge >= 0.3 is 0 Å². The molecule has 1 aromatic carbocycles. The summed E-state index contributed by atoms with van der Waals surface area (Å²) in [5.41, 5.74) is 0.877. The third-order valence-electron chi connectivity index (χ3n) is 2.30. The van der Waals surface area contributed by atoms with Gasteiger partial charge in [0.1, 0.15) is 0 Å². The number of hydrogen-bond donors (Lipinski definition) is 2. The van der Waals surface area contributed by atoms with Gasteiger partial charge in [0.05, 0.1) is 12.2 Å². The first-order chi connectivity index (χ1) is 6.74. The van der Waals surface area contributed by atoms with Crippen molar-refractivity contribution in [2.75, 3.05) is 0 Å². The van der Waals surface area contributed by atoms with Crippen molar-refractivity contribution >= 4 is 0 Å². The number of benzene rings is 1. The second-order valence-corrected chi connectivity index (χ2v) is 3.60. The van der Waals surface area contributed by atoms with Gasteiger partial charge in [0, 0.05) is 6.42 Å². The molecule has 0 saturated heterocycles. The monoisotopic (exact) mass is 194 g/mol. The van der Waals surface area contributed by atoms with Crippen molar-refractivity contribution in [2.24, 2.45) is 0 Å². The van der Waals surface area contributed by atoms with Crippen molar-refractivity contribution in [3.63, 3.8) is 0 Å². The summed E-state index contributed by atoms with van der Waals surface area (Å²) in [4.78, 5) is 0. The lowest BCUT2D eigenvalue weighted by molar-refractivity contribution is 0.0751. The molecule has 0 unspecified atom stereocenters. The Kier molecular flexibility index (Phi) is 4.63. The molecule has 0 bridgehead atoms. The maximum Gasteiger partial charge on any atom is 0.0814 e. The first kappa shape index (κ1) is 11.2. The lowest BCUT2D eigenvalue weighted by atomic mass is 10.0. The minimum atomic E-state index is -0.544. The quantitative estimate of drug-likeness (QED) is 0.755. The fourth-order valence-electron chi connectivity index (χ4n) is 1.52. The van der Waals surface area contributed by atoms with Crippen LogP contribution in [0.25, 0.3) is 0 Å². The smallest absolute Gasteiger partial charge is 0.0814 e. The molecular weight excluding hydrogens is 176 g/mol. The molecular formula is C12H18O2. The van der Waals surface area contributed by atoms with Crippen LogP contribution in [-0.2, 0) is 0 Å². The van der Waals surface area contributed by atoms with Crippen molar-refractivity contribution in [1.29, 1.82) is 0 Å². The largest absolute Gasteiger partial charge is 0.393 e. The molecule has 2 N–H and O–H groups in total. The highest BCUT2D eigenvalue weighted by Crippen LogP contribution is 2.19. The van der Waals surface area contributed by atoms with E-state index >= 15 is 0 Å². The topological polar surface area (TPSA) is 40.5 Å². The number of aliphatic hydroxyl groups is 2. The van der Waals surface area contributed by atoms with Gasteiger partial charge in [0.25, 0.3) is 0 Å². The summed E-state index contributed by atoms with van der Waals surface area (Å²) in [6.45, 7) is 2.03. The molecule has 1 aromatic rings. The van der Waals surface area contributed by atoms with Crippen LogP contribution in [-0.4, -0.2) is 16.3 Å². The molecule has 2 atom stereocenters. The third kappa shape index (κ3) is 3.48. The highest BCUT2D eigenvalue weighted by atomic mass is 16.3. The highest BCUT2D eigenvalue weighted by Gasteiger charge is 2.12. The van der Waals surface area contributed by atoms with E-state index < -0.39 is 12.2 Å². The van der Waals surface area contributed by atoms with E-state index in [1.165, 1.54) is 0 Å². The predicted octanol–water partition coefficient (Wildman–Crippen LogP) is 2.27. The molecule has 1 rings (SSSR count). The van der Waals surface area contributed by atoms with Gasteiger partial charge in [-0.15, -0.1) is 0 Å². The Morgan fingerprint density at radius 3 is 2.36 bits per heavy atom. The van der Waals surface area contributed by atoms with Crippen LogP contribution in [0.1, 0.15) is 37.9 Å². The van der Waals surface area contributed by atoms with Crippen LogP contribution in [0.2, 0.25) is 0 Å². The molecule has 2 nitrogen and oxygen atoms in total. The first-order valence-electron chi connectivity index (χ1n) is 5.15. The van der Waals surface area contributed by atoms with Crippen LogP contribution in [0.15, 0.2) is 30.3 Å². The molecule has 0 spiro atoms. The van der Waals surface area contributed by atoms with E-state index in [4.69, 9.17) is 0 Å². The summed E-state index contributed by atoms with van der Waals surface area (Å²) in [5, 5.41) is 19.3. The molecule has 0 aliphatic heterocycles. The molecule has 0 aliphatic carbocycles. The van der Waals surface area contributed by atoms with E-state index in [0.29, 0.717) is 6.42 Å². The molecule has 0 aromatic heterocycles. The Bertz CT molecular complexity index is 246. The number of hydrogen-bond acceptors (Lipinski definition) is 2. The predicted molar refractivity (Wildman–Crippen MR) is 56.9 cm³/mol. The minimum absolute atomic E-state index is 0.393. The maximum absolute atomic E-state index is 9.76. The second-order valence-electron chi connectivity index (χ2n) is 3.60. The summed E-state index contributed by atoms with van der Waals surface area (Å²) in [5.74, 6) is 0. The zero-order valence-corrected chi connectivity index (χ0v) is 8.56. The van der Waals surface area contributed by atoms with Crippen LogP contribution in [0.5, 0.6) is 0 Å². The van der Waals surface area contributed by atoms with Crippen molar-refractivity contribution in [2.45, 2.75) is 38.4 Å². The third-order valence-corrected chi connectivity index (χ3v) is 2.30. The molecule has 0 aliphatic rings. The number of rotatable bonds is 5. The summed E-state index contributed by atoms with van der Waals surface area (Å²) < 4.78 is 0. The fraction of sp³-hybridized carbons (Fsp3) is 0.500. The minimum Gasteiger partial charge on any atom is -0.393 e. The Morgan fingerprint density at radius 1 is 1.14 bits per heavy atom.